The van der Waals surface area contributed by atoms with Crippen LogP contribution in [-0.4, -0.2) is 54.2 Å². The molecule has 0 bridgehead atoms. The monoisotopic (exact) mass is 235 g/mol. The van der Waals surface area contributed by atoms with E-state index in [-0.39, 0.29) is 12.0 Å². The summed E-state index contributed by atoms with van der Waals surface area (Å²) in [4.78, 5) is 11.2. The summed E-state index contributed by atoms with van der Waals surface area (Å²) < 4.78 is 4.99. The fourth-order valence-corrected chi connectivity index (χ4v) is 1.43. The highest BCUT2D eigenvalue weighted by atomic mass is 32.2. The Morgan fingerprint density at radius 3 is 2.60 bits per heavy atom. The highest BCUT2D eigenvalue weighted by molar-refractivity contribution is 7.99. The molecule has 1 amide bonds. The number of amides is 1. The third-order valence-corrected chi connectivity index (χ3v) is 2.52. The van der Waals surface area contributed by atoms with Crippen molar-refractivity contribution in [2.24, 2.45) is 0 Å². The van der Waals surface area contributed by atoms with E-state index in [1.165, 1.54) is 18.9 Å². The number of carbonyl (C=O) groups is 1. The Balaban J connectivity index is 4.09. The van der Waals surface area contributed by atoms with Gasteiger partial charge in [0, 0.05) is 7.11 Å². The highest BCUT2D eigenvalue weighted by Crippen LogP contribution is 2.03. The molecule has 0 rings (SSSR count). The molecule has 0 aliphatic carbocycles. The van der Waals surface area contributed by atoms with Crippen molar-refractivity contribution in [1.82, 2.24) is 5.32 Å². The molecule has 0 aliphatic heterocycles. The molecule has 0 radical (unpaired) electrons. The average Bonchev–Trinajstić information content (AvgIpc) is 2.16. The normalized spacial score (nSPS) is 14.5. The average molecular weight is 235 g/mol. The molecule has 1 unspecified atom stereocenters. The van der Waals surface area contributed by atoms with Gasteiger partial charge in [0.05, 0.1) is 17.8 Å². The zero-order valence-electron chi connectivity index (χ0n) is 9.27. The summed E-state index contributed by atoms with van der Waals surface area (Å²) in [6, 6.07) is 0. The van der Waals surface area contributed by atoms with Gasteiger partial charge in [-0.1, -0.05) is 0 Å². The molecule has 15 heavy (non-hydrogen) atoms. The van der Waals surface area contributed by atoms with E-state index in [0.717, 1.165) is 0 Å². The van der Waals surface area contributed by atoms with Crippen LogP contribution in [0, 0.1) is 0 Å². The fraction of sp³-hybridized carbons (Fsp3) is 0.875. The van der Waals surface area contributed by atoms with Crippen molar-refractivity contribution < 1.29 is 19.6 Å². The smallest absolute Gasteiger partial charge is 0.426 e. The number of methoxy groups -OCH3 is 1. The number of carbonyl (C=O) groups excluding carboxylic acids is 1. The molecule has 0 heterocycles. The molecule has 0 aromatic rings. The maximum atomic E-state index is 11.2. The highest BCUT2D eigenvalue weighted by Gasteiger charge is 2.26. The second kappa shape index (κ2) is 7.98. The predicted molar refractivity (Wildman–Crippen MR) is 61.6 cm³/mol. The minimum absolute atomic E-state index is 0.133. The first-order valence-electron chi connectivity index (χ1n) is 4.68. The van der Waals surface area contributed by atoms with Gasteiger partial charge >= 0.3 is 7.12 Å². The van der Waals surface area contributed by atoms with Crippen LogP contribution in [0.25, 0.3) is 0 Å². The van der Waals surface area contributed by atoms with Gasteiger partial charge in [-0.15, -0.1) is 0 Å². The maximum absolute atomic E-state index is 11.2. The van der Waals surface area contributed by atoms with E-state index in [4.69, 9.17) is 14.8 Å². The topological polar surface area (TPSA) is 78.8 Å². The van der Waals surface area contributed by atoms with Crippen molar-refractivity contribution >= 4 is 24.8 Å². The minimum Gasteiger partial charge on any atom is -0.426 e. The molecule has 3 N–H and O–H groups in total. The van der Waals surface area contributed by atoms with Crippen molar-refractivity contribution in [2.75, 3.05) is 19.1 Å². The van der Waals surface area contributed by atoms with Gasteiger partial charge < -0.3 is 20.1 Å². The van der Waals surface area contributed by atoms with Crippen LogP contribution in [0.3, 0.4) is 0 Å². The summed E-state index contributed by atoms with van der Waals surface area (Å²) in [5.41, 5.74) is 0. The summed E-state index contributed by atoms with van der Waals surface area (Å²) in [7, 11) is -0.0248. The third-order valence-electron chi connectivity index (χ3n) is 1.97. The van der Waals surface area contributed by atoms with E-state index < -0.39 is 13.1 Å². The van der Waals surface area contributed by atoms with Gasteiger partial charge in [0.2, 0.25) is 5.91 Å². The van der Waals surface area contributed by atoms with E-state index in [1.807, 2.05) is 6.26 Å². The second-order valence-corrected chi connectivity index (χ2v) is 4.17. The number of ether oxygens (including phenoxy) is 1. The van der Waals surface area contributed by atoms with Gasteiger partial charge in [0.25, 0.3) is 0 Å². The molecule has 2 atom stereocenters. The van der Waals surface area contributed by atoms with Crippen LogP contribution in [0.15, 0.2) is 0 Å². The van der Waals surface area contributed by atoms with E-state index in [1.54, 1.807) is 6.92 Å². The number of hydrogen-bond acceptors (Lipinski definition) is 5. The van der Waals surface area contributed by atoms with Crippen molar-refractivity contribution in [3.63, 3.8) is 0 Å². The summed E-state index contributed by atoms with van der Waals surface area (Å²) in [5.74, 6) is -0.576. The van der Waals surface area contributed by atoms with Crippen molar-refractivity contribution in [3.05, 3.63) is 0 Å². The van der Waals surface area contributed by atoms with Crippen LogP contribution in [0.2, 0.25) is 0 Å². The fourth-order valence-electron chi connectivity index (χ4n) is 1.09. The molecule has 88 valence electrons. The number of rotatable bonds is 7. The molecule has 0 aliphatic rings. The molecule has 5 nitrogen and oxygen atoms in total. The number of nitrogens with one attached hydrogen (secondary N) is 1. The van der Waals surface area contributed by atoms with Gasteiger partial charge in [0.1, 0.15) is 0 Å². The lowest BCUT2D eigenvalue weighted by Crippen LogP contribution is -2.48. The lowest BCUT2D eigenvalue weighted by molar-refractivity contribution is -0.119. The van der Waals surface area contributed by atoms with Crippen molar-refractivity contribution in [2.45, 2.75) is 25.4 Å². The van der Waals surface area contributed by atoms with Crippen molar-refractivity contribution in [3.8, 4) is 0 Å². The molecule has 0 saturated heterocycles. The summed E-state index contributed by atoms with van der Waals surface area (Å²) in [5, 5.41) is 20.6. The first-order chi connectivity index (χ1) is 7.01. The molecule has 0 fully saturated rings. The van der Waals surface area contributed by atoms with E-state index in [9.17, 15) is 4.79 Å². The third kappa shape index (κ3) is 6.78. The van der Waals surface area contributed by atoms with Crippen LogP contribution in [0.5, 0.6) is 0 Å². The van der Waals surface area contributed by atoms with Gasteiger partial charge in [-0.2, -0.15) is 11.8 Å². The standard InChI is InChI=1S/C8H18BNO4S/c1-6(14-2)4-7(9(12)13)10-8(11)5-15-3/h6-7,12-13H,4-5H2,1-3H3,(H,10,11)/t6?,7-/m0/s1. The molecule has 0 spiro atoms. The molecule has 0 aromatic carbocycles. The van der Waals surface area contributed by atoms with Crippen LogP contribution in [0.1, 0.15) is 13.3 Å². The van der Waals surface area contributed by atoms with Gasteiger partial charge in [-0.05, 0) is 19.6 Å². The zero-order chi connectivity index (χ0) is 11.8. The molecular formula is C8H18BNO4S. The maximum Gasteiger partial charge on any atom is 0.475 e. The van der Waals surface area contributed by atoms with Crippen LogP contribution in [-0.2, 0) is 9.53 Å². The van der Waals surface area contributed by atoms with E-state index in [0.29, 0.717) is 12.2 Å². The van der Waals surface area contributed by atoms with Gasteiger partial charge in [-0.25, -0.2) is 0 Å². The number of hydrogen-bond donors (Lipinski definition) is 3. The summed E-state index contributed by atoms with van der Waals surface area (Å²) in [6.45, 7) is 1.80. The summed E-state index contributed by atoms with van der Waals surface area (Å²) in [6.07, 6.45) is 2.04. The Morgan fingerprint density at radius 2 is 2.20 bits per heavy atom. The molecular weight excluding hydrogens is 217 g/mol. The molecule has 0 saturated carbocycles. The Bertz CT molecular complexity index is 193. The first-order valence-corrected chi connectivity index (χ1v) is 6.07. The van der Waals surface area contributed by atoms with E-state index in [2.05, 4.69) is 5.32 Å². The van der Waals surface area contributed by atoms with Crippen LogP contribution < -0.4 is 5.32 Å². The SMILES string of the molecule is COC(C)C[C@H](NC(=O)CSC)B(O)O. The van der Waals surface area contributed by atoms with Gasteiger partial charge in [-0.3, -0.25) is 4.79 Å². The predicted octanol–water partition coefficient (Wildman–Crippen LogP) is -0.729. The summed E-state index contributed by atoms with van der Waals surface area (Å²) >= 11 is 1.38. The zero-order valence-corrected chi connectivity index (χ0v) is 10.1. The van der Waals surface area contributed by atoms with E-state index >= 15 is 0 Å². The van der Waals surface area contributed by atoms with Crippen molar-refractivity contribution in [1.29, 1.82) is 0 Å². The second-order valence-electron chi connectivity index (χ2n) is 3.30. The Morgan fingerprint density at radius 1 is 1.60 bits per heavy atom. The Labute approximate surface area is 94.7 Å². The number of thioether (sulfide) groups is 1. The molecule has 0 aromatic heterocycles. The Kier molecular flexibility index (Phi) is 7.86. The first kappa shape index (κ1) is 14.8. The lowest BCUT2D eigenvalue weighted by Gasteiger charge is -2.20. The van der Waals surface area contributed by atoms with Crippen LogP contribution in [0.4, 0.5) is 0 Å². The molecule has 7 heteroatoms. The lowest BCUT2D eigenvalue weighted by atomic mass is 9.76. The minimum atomic E-state index is -1.56. The largest absolute Gasteiger partial charge is 0.475 e. The Hall–Kier alpha value is -0.235. The van der Waals surface area contributed by atoms with Crippen LogP contribution >= 0.6 is 11.8 Å². The van der Waals surface area contributed by atoms with Gasteiger partial charge in [0.15, 0.2) is 0 Å². The quantitative estimate of drug-likeness (QED) is 0.507.